The number of hydrogen-bond acceptors (Lipinski definition) is 5. The molecule has 2 heterocycles. The molecule has 1 amide bonds. The Kier molecular flexibility index (Phi) is 6.55. The molecule has 1 saturated heterocycles. The number of aliphatic hydroxyl groups is 2. The molecule has 144 valence electrons. The van der Waals surface area contributed by atoms with Gasteiger partial charge >= 0.3 is 0 Å². The summed E-state index contributed by atoms with van der Waals surface area (Å²) in [5, 5.41) is 21.3. The summed E-state index contributed by atoms with van der Waals surface area (Å²) in [6.45, 7) is 0.497. The van der Waals surface area contributed by atoms with E-state index < -0.39 is 11.5 Å². The minimum absolute atomic E-state index is 0.129. The Morgan fingerprint density at radius 2 is 1.81 bits per heavy atom. The van der Waals surface area contributed by atoms with Crippen molar-refractivity contribution in [3.63, 3.8) is 0 Å². The topological polar surface area (TPSA) is 91.7 Å². The Morgan fingerprint density at radius 1 is 1.11 bits per heavy atom. The smallest absolute Gasteiger partial charge is 0.227 e. The molecule has 1 aliphatic heterocycles. The van der Waals surface area contributed by atoms with Gasteiger partial charge in [0.25, 0.3) is 0 Å². The summed E-state index contributed by atoms with van der Waals surface area (Å²) in [7, 11) is 0. The maximum absolute atomic E-state index is 12.9. The van der Waals surface area contributed by atoms with E-state index in [9.17, 15) is 15.0 Å². The number of hydrogen-bond donors (Lipinski definition) is 3. The molecule has 0 atom stereocenters. The minimum atomic E-state index is -0.634. The molecule has 1 aromatic heterocycles. The lowest BCUT2D eigenvalue weighted by Crippen LogP contribution is -2.51. The molecule has 1 fully saturated rings. The van der Waals surface area contributed by atoms with Crippen LogP contribution in [-0.4, -0.2) is 53.6 Å². The number of aliphatic hydroxyl groups excluding tert-OH is 2. The Morgan fingerprint density at radius 3 is 2.41 bits per heavy atom. The molecule has 0 spiro atoms. The first-order valence-corrected chi connectivity index (χ1v) is 9.27. The highest BCUT2D eigenvalue weighted by atomic mass is 16.5. The van der Waals surface area contributed by atoms with Crippen LogP contribution < -0.4 is 5.32 Å². The maximum atomic E-state index is 12.9. The van der Waals surface area contributed by atoms with E-state index in [4.69, 9.17) is 4.74 Å². The number of carbonyl (C=O) groups excluding carboxylic acids is 1. The van der Waals surface area contributed by atoms with Crippen LogP contribution in [-0.2, 0) is 16.0 Å². The third-order valence-corrected chi connectivity index (χ3v) is 5.20. The Labute approximate surface area is 159 Å². The number of pyridine rings is 1. The van der Waals surface area contributed by atoms with Gasteiger partial charge in [-0.05, 0) is 42.0 Å². The van der Waals surface area contributed by atoms with Gasteiger partial charge in [0, 0.05) is 25.6 Å². The van der Waals surface area contributed by atoms with Gasteiger partial charge in [0.1, 0.15) is 0 Å². The fourth-order valence-electron chi connectivity index (χ4n) is 3.47. The molecule has 27 heavy (non-hydrogen) atoms. The highest BCUT2D eigenvalue weighted by Gasteiger charge is 2.40. The zero-order valence-corrected chi connectivity index (χ0v) is 15.3. The van der Waals surface area contributed by atoms with Gasteiger partial charge in [0.05, 0.1) is 24.7 Å². The molecule has 2 aromatic rings. The predicted octanol–water partition coefficient (Wildman–Crippen LogP) is 1.56. The van der Waals surface area contributed by atoms with Crippen LogP contribution in [0.2, 0.25) is 0 Å². The summed E-state index contributed by atoms with van der Waals surface area (Å²) in [4.78, 5) is 17.1. The van der Waals surface area contributed by atoms with Gasteiger partial charge in [-0.25, -0.2) is 0 Å². The molecular formula is C21H26N2O4. The van der Waals surface area contributed by atoms with E-state index in [0.717, 1.165) is 16.7 Å². The van der Waals surface area contributed by atoms with Gasteiger partial charge < -0.3 is 20.3 Å². The summed E-state index contributed by atoms with van der Waals surface area (Å²) >= 11 is 0. The first-order chi connectivity index (χ1) is 13.2. The second-order valence-electron chi connectivity index (χ2n) is 7.04. The lowest BCUT2D eigenvalue weighted by molar-refractivity contribution is -0.138. The highest BCUT2D eigenvalue weighted by molar-refractivity contribution is 5.83. The molecule has 6 heteroatoms. The number of aromatic nitrogens is 1. The Hall–Kier alpha value is -2.28. The van der Waals surface area contributed by atoms with Crippen LogP contribution in [0.1, 0.15) is 18.4 Å². The summed E-state index contributed by atoms with van der Waals surface area (Å²) in [6.07, 6.45) is 5.41. The third kappa shape index (κ3) is 4.71. The number of amides is 1. The molecule has 3 N–H and O–H groups in total. The molecule has 0 aliphatic carbocycles. The summed E-state index contributed by atoms with van der Waals surface area (Å²) in [6, 6.07) is 11.5. The fourth-order valence-corrected chi connectivity index (χ4v) is 3.47. The lowest BCUT2D eigenvalue weighted by Gasteiger charge is -2.37. The second-order valence-corrected chi connectivity index (χ2v) is 7.04. The van der Waals surface area contributed by atoms with Gasteiger partial charge in [0.2, 0.25) is 5.91 Å². The molecule has 0 saturated carbocycles. The van der Waals surface area contributed by atoms with Crippen LogP contribution in [0.15, 0.2) is 48.8 Å². The molecule has 0 radical (unpaired) electrons. The summed E-state index contributed by atoms with van der Waals surface area (Å²) in [5.74, 6) is -0.129. The first-order valence-electron chi connectivity index (χ1n) is 9.27. The molecule has 1 aromatic carbocycles. The highest BCUT2D eigenvalue weighted by Crippen LogP contribution is 2.35. The third-order valence-electron chi connectivity index (χ3n) is 5.20. The van der Waals surface area contributed by atoms with Crippen LogP contribution in [0, 0.1) is 5.41 Å². The quantitative estimate of drug-likeness (QED) is 0.688. The lowest BCUT2D eigenvalue weighted by atomic mass is 9.74. The Balaban J connectivity index is 1.77. The molecular weight excluding hydrogens is 344 g/mol. The van der Waals surface area contributed by atoms with E-state index in [-0.39, 0.29) is 19.1 Å². The normalized spacial score (nSPS) is 16.3. The number of nitrogens with zero attached hydrogens (tertiary/aromatic N) is 1. The fraction of sp³-hybridized carbons (Fsp3) is 0.429. The van der Waals surface area contributed by atoms with E-state index in [1.54, 1.807) is 6.20 Å². The van der Waals surface area contributed by atoms with Crippen molar-refractivity contribution in [3.8, 4) is 11.1 Å². The minimum Gasteiger partial charge on any atom is -0.394 e. The van der Waals surface area contributed by atoms with Crippen molar-refractivity contribution in [3.05, 3.63) is 54.4 Å². The predicted molar refractivity (Wildman–Crippen MR) is 102 cm³/mol. The van der Waals surface area contributed by atoms with Crippen molar-refractivity contribution >= 4 is 5.91 Å². The number of nitrogens with one attached hydrogen (secondary N) is 1. The van der Waals surface area contributed by atoms with E-state index in [2.05, 4.69) is 10.3 Å². The molecule has 0 bridgehead atoms. The Bertz CT molecular complexity index is 724. The van der Waals surface area contributed by atoms with E-state index >= 15 is 0 Å². The average molecular weight is 370 g/mol. The molecule has 6 nitrogen and oxygen atoms in total. The van der Waals surface area contributed by atoms with Crippen LogP contribution in [0.4, 0.5) is 0 Å². The second kappa shape index (κ2) is 9.08. The van der Waals surface area contributed by atoms with Crippen LogP contribution in [0.5, 0.6) is 0 Å². The van der Waals surface area contributed by atoms with Crippen molar-refractivity contribution in [2.75, 3.05) is 26.4 Å². The number of benzene rings is 1. The zero-order chi connectivity index (χ0) is 19.1. The van der Waals surface area contributed by atoms with Gasteiger partial charge in [-0.2, -0.15) is 0 Å². The van der Waals surface area contributed by atoms with Crippen molar-refractivity contribution in [1.29, 1.82) is 0 Å². The van der Waals surface area contributed by atoms with Crippen LogP contribution in [0.3, 0.4) is 0 Å². The number of ether oxygens (including phenoxy) is 1. The number of rotatable bonds is 7. The van der Waals surface area contributed by atoms with E-state index in [1.165, 1.54) is 0 Å². The van der Waals surface area contributed by atoms with Crippen molar-refractivity contribution in [1.82, 2.24) is 10.3 Å². The van der Waals surface area contributed by atoms with Crippen molar-refractivity contribution < 1.29 is 19.7 Å². The molecule has 3 rings (SSSR count). The van der Waals surface area contributed by atoms with Crippen molar-refractivity contribution in [2.45, 2.75) is 25.3 Å². The summed E-state index contributed by atoms with van der Waals surface area (Å²) in [5.41, 5.74) is 2.62. The van der Waals surface area contributed by atoms with Gasteiger partial charge in [-0.1, -0.05) is 30.3 Å². The first kappa shape index (κ1) is 19.5. The van der Waals surface area contributed by atoms with E-state index in [1.807, 2.05) is 42.6 Å². The SMILES string of the molecule is O=C(NC(CO)CO)C1(Cc2ccc(-c3cccnc3)cc2)CCOCC1. The van der Waals surface area contributed by atoms with Gasteiger partial charge in [-0.3, -0.25) is 9.78 Å². The monoisotopic (exact) mass is 370 g/mol. The van der Waals surface area contributed by atoms with Crippen molar-refractivity contribution in [2.24, 2.45) is 5.41 Å². The number of carbonyl (C=O) groups is 1. The average Bonchev–Trinajstić information content (AvgIpc) is 2.73. The van der Waals surface area contributed by atoms with Gasteiger partial charge in [0.15, 0.2) is 0 Å². The summed E-state index contributed by atoms with van der Waals surface area (Å²) < 4.78 is 5.46. The zero-order valence-electron chi connectivity index (χ0n) is 15.3. The van der Waals surface area contributed by atoms with Crippen LogP contribution in [0.25, 0.3) is 11.1 Å². The maximum Gasteiger partial charge on any atom is 0.227 e. The molecule has 1 aliphatic rings. The standard InChI is InChI=1S/C21H26N2O4/c24-14-19(15-25)23-20(26)21(7-10-27-11-8-21)12-16-3-5-17(6-4-16)18-2-1-9-22-13-18/h1-6,9,13,19,24-25H,7-8,10-12,14-15H2,(H,23,26). The van der Waals surface area contributed by atoms with E-state index in [0.29, 0.717) is 32.5 Å². The largest absolute Gasteiger partial charge is 0.394 e. The molecule has 0 unspecified atom stereocenters. The van der Waals surface area contributed by atoms with Gasteiger partial charge in [-0.15, -0.1) is 0 Å². The van der Waals surface area contributed by atoms with Crippen LogP contribution >= 0.6 is 0 Å².